The average Bonchev–Trinajstić information content (AvgIpc) is 2.98. The lowest BCUT2D eigenvalue weighted by atomic mass is 9.98. The van der Waals surface area contributed by atoms with Crippen LogP contribution in [-0.4, -0.2) is 34.3 Å². The van der Waals surface area contributed by atoms with Crippen LogP contribution in [0.1, 0.15) is 30.6 Å². The van der Waals surface area contributed by atoms with Gasteiger partial charge in [0.1, 0.15) is 10.6 Å². The van der Waals surface area contributed by atoms with Crippen molar-refractivity contribution in [1.29, 1.82) is 0 Å². The largest absolute Gasteiger partial charge is 0.396 e. The summed E-state index contributed by atoms with van der Waals surface area (Å²) >= 11 is 11.5. The van der Waals surface area contributed by atoms with E-state index in [0.717, 1.165) is 51.9 Å². The lowest BCUT2D eigenvalue weighted by molar-refractivity contribution is 0.262. The van der Waals surface area contributed by atoms with Gasteiger partial charge >= 0.3 is 0 Å². The van der Waals surface area contributed by atoms with Crippen molar-refractivity contribution in [2.24, 2.45) is 0 Å². The summed E-state index contributed by atoms with van der Waals surface area (Å²) in [6.45, 7) is 3.25. The minimum Gasteiger partial charge on any atom is -0.396 e. The van der Waals surface area contributed by atoms with Gasteiger partial charge in [0, 0.05) is 34.1 Å². The molecule has 1 saturated heterocycles. The molecule has 27 heavy (non-hydrogen) atoms. The molecule has 1 aliphatic rings. The van der Waals surface area contributed by atoms with E-state index in [-0.39, 0.29) is 17.9 Å². The van der Waals surface area contributed by atoms with E-state index in [1.54, 1.807) is 11.3 Å². The van der Waals surface area contributed by atoms with Crippen molar-refractivity contribution in [2.75, 3.05) is 18.1 Å². The quantitative estimate of drug-likeness (QED) is 0.492. The van der Waals surface area contributed by atoms with Gasteiger partial charge in [-0.25, -0.2) is 4.98 Å². The molecule has 0 amide bonds. The molecule has 0 radical (unpaired) electrons. The van der Waals surface area contributed by atoms with E-state index in [1.165, 1.54) is 16.9 Å². The minimum absolute atomic E-state index is 0.186. The maximum atomic E-state index is 9.53. The number of hydrogen-bond acceptors (Lipinski definition) is 5. The van der Waals surface area contributed by atoms with E-state index in [9.17, 15) is 5.11 Å². The molecule has 0 saturated carbocycles. The van der Waals surface area contributed by atoms with Crippen LogP contribution in [0, 0.1) is 6.92 Å². The highest BCUT2D eigenvalue weighted by Gasteiger charge is 2.28. The highest BCUT2D eigenvalue weighted by molar-refractivity contribution is 9.10. The molecule has 0 aliphatic carbocycles. The molecule has 1 N–H and O–H groups in total. The zero-order chi connectivity index (χ0) is 19.0. The second-order valence-electron chi connectivity index (χ2n) is 6.89. The fourth-order valence-electron chi connectivity index (χ4n) is 3.97. The lowest BCUT2D eigenvalue weighted by Gasteiger charge is -2.37. The molecule has 0 bridgehead atoms. The fraction of sp³-hybridized carbons (Fsp3) is 0.400. The van der Waals surface area contributed by atoms with Gasteiger partial charge in [-0.3, -0.25) is 0 Å². The van der Waals surface area contributed by atoms with Crippen LogP contribution in [0.25, 0.3) is 21.3 Å². The molecule has 7 heteroatoms. The summed E-state index contributed by atoms with van der Waals surface area (Å²) in [5.74, 6) is 0.908. The number of aliphatic hydroxyl groups excluding tert-OH is 1. The van der Waals surface area contributed by atoms with Crippen LogP contribution >= 0.6 is 38.9 Å². The molecular formula is C20H21BrClN3OS. The first-order valence-corrected chi connectivity index (χ1v) is 11.2. The molecule has 1 aromatic carbocycles. The summed E-state index contributed by atoms with van der Waals surface area (Å²) in [7, 11) is 0. The van der Waals surface area contributed by atoms with Gasteiger partial charge in [0.2, 0.25) is 5.28 Å². The Bertz CT molecular complexity index is 958. The third kappa shape index (κ3) is 3.73. The number of piperidine rings is 1. The summed E-state index contributed by atoms with van der Waals surface area (Å²) in [4.78, 5) is 13.7. The molecule has 142 valence electrons. The SMILES string of the molecule is Cc1sc2nc(Cl)nc(N3CCCCC3CCO)c2c1-c1ccc(Br)cc1. The van der Waals surface area contributed by atoms with Gasteiger partial charge in [-0.05, 0) is 61.9 Å². The van der Waals surface area contributed by atoms with E-state index in [0.29, 0.717) is 0 Å². The van der Waals surface area contributed by atoms with Crippen molar-refractivity contribution in [1.82, 2.24) is 9.97 Å². The number of thiophene rings is 1. The minimum atomic E-state index is 0.186. The van der Waals surface area contributed by atoms with E-state index >= 15 is 0 Å². The van der Waals surface area contributed by atoms with Crippen LogP contribution in [-0.2, 0) is 0 Å². The van der Waals surface area contributed by atoms with Crippen molar-refractivity contribution in [3.63, 3.8) is 0 Å². The van der Waals surface area contributed by atoms with E-state index in [4.69, 9.17) is 11.6 Å². The monoisotopic (exact) mass is 465 g/mol. The Morgan fingerprint density at radius 1 is 1.26 bits per heavy atom. The molecule has 2 aromatic heterocycles. The van der Waals surface area contributed by atoms with E-state index in [2.05, 4.69) is 62.0 Å². The number of aromatic nitrogens is 2. The van der Waals surface area contributed by atoms with Gasteiger partial charge in [-0.2, -0.15) is 4.98 Å². The lowest BCUT2D eigenvalue weighted by Crippen LogP contribution is -2.40. The van der Waals surface area contributed by atoms with Gasteiger partial charge in [0.15, 0.2) is 0 Å². The maximum absolute atomic E-state index is 9.53. The van der Waals surface area contributed by atoms with Crippen molar-refractivity contribution >= 4 is 54.9 Å². The third-order valence-corrected chi connectivity index (χ3v) is 6.87. The highest BCUT2D eigenvalue weighted by Crippen LogP contribution is 2.43. The van der Waals surface area contributed by atoms with Crippen LogP contribution in [0.5, 0.6) is 0 Å². The standard InChI is InChI=1S/C20H21BrClN3OS/c1-12-16(13-5-7-14(21)8-6-13)17-18(23-20(22)24-19(17)27-12)25-10-3-2-4-15(25)9-11-26/h5-8,15,26H,2-4,9-11H2,1H3. The Balaban J connectivity index is 1.93. The van der Waals surface area contributed by atoms with Gasteiger partial charge in [0.25, 0.3) is 0 Å². The summed E-state index contributed by atoms with van der Waals surface area (Å²) in [6.07, 6.45) is 4.13. The first-order chi connectivity index (χ1) is 13.1. The first kappa shape index (κ1) is 19.1. The molecule has 3 aromatic rings. The van der Waals surface area contributed by atoms with E-state index in [1.807, 2.05) is 0 Å². The van der Waals surface area contributed by atoms with Crippen LogP contribution in [0.3, 0.4) is 0 Å². The number of hydrogen-bond donors (Lipinski definition) is 1. The Labute approximate surface area is 176 Å². The number of benzene rings is 1. The van der Waals surface area contributed by atoms with Crippen molar-refractivity contribution in [3.05, 3.63) is 38.9 Å². The van der Waals surface area contributed by atoms with Crippen LogP contribution in [0.4, 0.5) is 5.82 Å². The molecule has 4 nitrogen and oxygen atoms in total. The topological polar surface area (TPSA) is 49.2 Å². The molecule has 1 atom stereocenters. The zero-order valence-corrected chi connectivity index (χ0v) is 18.2. The van der Waals surface area contributed by atoms with Gasteiger partial charge < -0.3 is 10.0 Å². The second kappa shape index (κ2) is 8.03. The predicted octanol–water partition coefficient (Wildman–Crippen LogP) is 5.82. The Hall–Kier alpha value is -1.21. The Kier molecular flexibility index (Phi) is 5.69. The number of halogens is 2. The molecule has 1 fully saturated rings. The third-order valence-electron chi connectivity index (χ3n) is 5.18. The molecular weight excluding hydrogens is 446 g/mol. The second-order valence-corrected chi connectivity index (χ2v) is 9.35. The summed E-state index contributed by atoms with van der Waals surface area (Å²) in [6, 6.07) is 8.65. The number of anilines is 1. The molecule has 3 heterocycles. The molecule has 0 spiro atoms. The Morgan fingerprint density at radius 2 is 2.04 bits per heavy atom. The van der Waals surface area contributed by atoms with Gasteiger partial charge in [-0.15, -0.1) is 11.3 Å². The van der Waals surface area contributed by atoms with Gasteiger partial charge in [0.05, 0.1) is 5.39 Å². The van der Waals surface area contributed by atoms with Crippen molar-refractivity contribution in [3.8, 4) is 11.1 Å². The fourth-order valence-corrected chi connectivity index (χ4v) is 5.49. The normalized spacial score (nSPS) is 17.6. The highest BCUT2D eigenvalue weighted by atomic mass is 79.9. The zero-order valence-electron chi connectivity index (χ0n) is 15.1. The van der Waals surface area contributed by atoms with Crippen LogP contribution in [0.2, 0.25) is 5.28 Å². The predicted molar refractivity (Wildman–Crippen MR) is 117 cm³/mol. The number of nitrogens with zero attached hydrogens (tertiary/aromatic N) is 3. The number of aliphatic hydroxyl groups is 1. The summed E-state index contributed by atoms with van der Waals surface area (Å²) < 4.78 is 1.06. The first-order valence-electron chi connectivity index (χ1n) is 9.18. The van der Waals surface area contributed by atoms with Gasteiger partial charge in [-0.1, -0.05) is 28.1 Å². The summed E-state index contributed by atoms with van der Waals surface area (Å²) in [5.41, 5.74) is 2.34. The molecule has 1 aliphatic heterocycles. The van der Waals surface area contributed by atoms with Crippen LogP contribution in [0.15, 0.2) is 28.7 Å². The maximum Gasteiger partial charge on any atom is 0.225 e. The summed E-state index contributed by atoms with van der Waals surface area (Å²) in [5, 5.41) is 10.9. The number of rotatable bonds is 4. The Morgan fingerprint density at radius 3 is 2.78 bits per heavy atom. The molecule has 4 rings (SSSR count). The van der Waals surface area contributed by atoms with Crippen LogP contribution < -0.4 is 4.90 Å². The molecule has 1 unspecified atom stereocenters. The smallest absolute Gasteiger partial charge is 0.225 e. The average molecular weight is 467 g/mol. The van der Waals surface area contributed by atoms with Crippen molar-refractivity contribution < 1.29 is 5.11 Å². The van der Waals surface area contributed by atoms with Crippen molar-refractivity contribution in [2.45, 2.75) is 38.6 Å². The number of aryl methyl sites for hydroxylation is 1. The number of fused-ring (bicyclic) bond motifs is 1. The van der Waals surface area contributed by atoms with E-state index < -0.39 is 0 Å².